The van der Waals surface area contributed by atoms with Crippen LogP contribution in [0.15, 0.2) is 64.2 Å². The second-order valence-corrected chi connectivity index (χ2v) is 26.9. The van der Waals surface area contributed by atoms with E-state index in [0.29, 0.717) is 20.6 Å². The summed E-state index contributed by atoms with van der Waals surface area (Å²) < 4.78 is 72.8. The number of carboxylic acid groups (broad SMARTS) is 1. The van der Waals surface area contributed by atoms with E-state index in [1.54, 1.807) is 66.0 Å². The lowest BCUT2D eigenvalue weighted by Gasteiger charge is -2.46. The van der Waals surface area contributed by atoms with Crippen LogP contribution in [0.1, 0.15) is 87.1 Å². The summed E-state index contributed by atoms with van der Waals surface area (Å²) in [5.41, 5.74) is 1.29. The van der Waals surface area contributed by atoms with Crippen molar-refractivity contribution in [1.29, 1.82) is 0 Å². The van der Waals surface area contributed by atoms with Crippen molar-refractivity contribution < 1.29 is 111 Å². The summed E-state index contributed by atoms with van der Waals surface area (Å²) in [5, 5.41) is 72.7. The molecular formula is C63H82IN3O23S3. The van der Waals surface area contributed by atoms with Gasteiger partial charge in [-0.15, -0.1) is 5.92 Å². The predicted octanol–water partition coefficient (Wildman–Crippen LogP) is 4.70. The van der Waals surface area contributed by atoms with Gasteiger partial charge in [0.15, 0.2) is 36.2 Å². The number of carbonyl (C=O) groups excluding carboxylic acids is 3. The molecule has 4 fully saturated rings. The zero-order valence-corrected chi connectivity index (χ0v) is 58.0. The van der Waals surface area contributed by atoms with Gasteiger partial charge in [0.2, 0.25) is 17.2 Å². The molecule has 0 radical (unpaired) electrons. The van der Waals surface area contributed by atoms with E-state index in [9.17, 15) is 49.8 Å². The van der Waals surface area contributed by atoms with Crippen molar-refractivity contribution in [3.05, 3.63) is 79.6 Å². The lowest BCUT2D eigenvalue weighted by molar-refractivity contribution is -0.336. The number of halogens is 1. The highest BCUT2D eigenvalue weighted by Crippen LogP contribution is 2.49. The average molecular weight is 1470 g/mol. The van der Waals surface area contributed by atoms with Gasteiger partial charge in [-0.3, -0.25) is 19.7 Å². The van der Waals surface area contributed by atoms with E-state index in [0.717, 1.165) is 18.9 Å². The summed E-state index contributed by atoms with van der Waals surface area (Å²) in [5.74, 6) is 9.85. The third-order valence-corrected chi connectivity index (χ3v) is 20.9. The van der Waals surface area contributed by atoms with E-state index in [-0.39, 0.29) is 76.5 Å². The van der Waals surface area contributed by atoms with Gasteiger partial charge < -0.3 is 92.8 Å². The highest BCUT2D eigenvalue weighted by Gasteiger charge is 2.52. The minimum absolute atomic E-state index is 0.00998. The molecule has 0 unspecified atom stereocenters. The van der Waals surface area contributed by atoms with Crippen LogP contribution in [-0.4, -0.2) is 223 Å². The summed E-state index contributed by atoms with van der Waals surface area (Å²) in [6, 6.07) is 5.08. The van der Waals surface area contributed by atoms with Crippen LogP contribution in [0.3, 0.4) is 0 Å². The lowest BCUT2D eigenvalue weighted by Crippen LogP contribution is -2.65. The van der Waals surface area contributed by atoms with E-state index >= 15 is 0 Å². The fourth-order valence-electron chi connectivity index (χ4n) is 11.2. The van der Waals surface area contributed by atoms with Gasteiger partial charge in [0.25, 0.3) is 0 Å². The van der Waals surface area contributed by atoms with Crippen molar-refractivity contribution in [2.45, 2.75) is 188 Å². The Morgan fingerprint density at radius 2 is 1.59 bits per heavy atom. The van der Waals surface area contributed by atoms with Crippen molar-refractivity contribution >= 4 is 78.9 Å². The summed E-state index contributed by atoms with van der Waals surface area (Å²) in [7, 11) is 9.12. The number of hydrogen-bond donors (Lipinski definition) is 9. The number of carbonyl (C=O) groups is 4. The lowest BCUT2D eigenvalue weighted by atomic mass is 9.76. The number of aliphatic hydroxyl groups is 5. The fraction of sp³-hybridized carbons (Fsp3) is 0.587. The third kappa shape index (κ3) is 18.3. The molecule has 26 nitrogen and oxygen atoms in total. The molecule has 1 amide bonds. The first-order valence-corrected chi connectivity index (χ1v) is 34.0. The number of nitrogens with one attached hydrogen (secondary N) is 3. The van der Waals surface area contributed by atoms with Gasteiger partial charge in [-0.25, -0.2) is 9.59 Å². The molecule has 4 aliphatic heterocycles. The molecule has 0 spiro atoms. The normalized spacial score (nSPS) is 32.2. The van der Waals surface area contributed by atoms with Crippen LogP contribution in [0.2, 0.25) is 0 Å². The minimum atomic E-state index is -1.91. The number of hydrogen-bond acceptors (Lipinski definition) is 27. The number of aliphatic hydroxyl groups excluding tert-OH is 4. The minimum Gasteiger partial charge on any atom is -0.492 e. The van der Waals surface area contributed by atoms with Crippen molar-refractivity contribution in [2.24, 2.45) is 0 Å². The van der Waals surface area contributed by atoms with Crippen LogP contribution in [-0.2, 0) is 52.3 Å². The third-order valence-electron chi connectivity index (χ3n) is 16.0. The van der Waals surface area contributed by atoms with Gasteiger partial charge in [-0.2, -0.15) is 5.48 Å². The molecule has 7 rings (SSSR count). The Balaban J connectivity index is 1.16. The number of aromatic carboxylic acids is 1. The van der Waals surface area contributed by atoms with Gasteiger partial charge in [-0.05, 0) is 106 Å². The molecule has 30 heteroatoms. The number of methoxy groups -OCH3 is 5. The Bertz CT molecular complexity index is 3180. The summed E-state index contributed by atoms with van der Waals surface area (Å²) in [6.45, 7) is 12.3. The molecule has 0 saturated carbocycles. The maximum atomic E-state index is 14.5. The largest absolute Gasteiger partial charge is 0.492 e. The zero-order chi connectivity index (χ0) is 68.0. The van der Waals surface area contributed by atoms with Crippen LogP contribution in [0, 0.1) is 34.2 Å². The number of alkyl carbamates (subject to hydrolysis) is 1. The van der Waals surface area contributed by atoms with E-state index in [1.807, 2.05) is 29.5 Å². The number of likely N-dealkylation sites (N-methyl/N-ethyl adjacent to an activating group) is 1. The molecule has 0 aromatic heterocycles. The molecule has 1 aliphatic carbocycles. The number of carboxylic acids is 1. The summed E-state index contributed by atoms with van der Waals surface area (Å²) >= 11 is 2.80. The first kappa shape index (κ1) is 75.8. The molecular weight excluding hydrogens is 1390 g/mol. The zero-order valence-electron chi connectivity index (χ0n) is 53.4. The number of rotatable bonds is 24. The first-order chi connectivity index (χ1) is 44.4. The number of ketones is 1. The Hall–Kier alpha value is -4.60. The monoisotopic (exact) mass is 1470 g/mol. The maximum absolute atomic E-state index is 14.5. The van der Waals surface area contributed by atoms with Crippen LogP contribution in [0.5, 0.6) is 17.2 Å². The van der Waals surface area contributed by atoms with Crippen molar-refractivity contribution in [2.75, 3.05) is 54.5 Å². The molecule has 9 N–H and O–H groups in total. The summed E-state index contributed by atoms with van der Waals surface area (Å²) in [4.78, 5) is 60.5. The van der Waals surface area contributed by atoms with Gasteiger partial charge in [-0.1, -0.05) is 76.2 Å². The highest BCUT2D eigenvalue weighted by molar-refractivity contribution is 14.1. The van der Waals surface area contributed by atoms with Crippen molar-refractivity contribution in [1.82, 2.24) is 16.1 Å². The molecule has 4 heterocycles. The number of Topliss-reactive ketones (excluding diaryl/α,β-unsaturated/α-hetero) is 1. The Kier molecular flexibility index (Phi) is 28.6. The van der Waals surface area contributed by atoms with Gasteiger partial charge in [0.1, 0.15) is 36.6 Å². The molecule has 5 aliphatic rings. The molecule has 19 atom stereocenters. The van der Waals surface area contributed by atoms with E-state index in [1.165, 1.54) is 68.1 Å². The Labute approximate surface area is 566 Å². The quantitative estimate of drug-likeness (QED) is 0.0226. The van der Waals surface area contributed by atoms with Gasteiger partial charge in [0.05, 0.1) is 102 Å². The average Bonchev–Trinajstić information content (AvgIpc) is 0.768. The SMILES string of the molecule is CC#C/C=C\C#C[C@H](O[C@@H]1O[C@H](C)[C@@H](NO[C@H]2C[C@H](O)[C@H](SC(=O)c3c(C)c(I)c(O[C@@H]4O[C@@H](C)[C@H](O)[C@@H](OC)[C@H]4O)c(OC)c3OC)[C@@H](C)O2)[C@H](O)[C@H]1O[C@H]1C[C@H](OC)[C@@H](NCC)CO1)C1=C(NC(=O)OC)C(=O)C[C@](C)(O)/C1=C/CSSc1ccccc1C(=O)O. The molecule has 93 heavy (non-hydrogen) atoms. The first-order valence-electron chi connectivity index (χ1n) is 29.8. The Morgan fingerprint density at radius 3 is 2.25 bits per heavy atom. The number of thioether (sulfide) groups is 1. The van der Waals surface area contributed by atoms with Crippen LogP contribution < -0.4 is 30.3 Å². The highest BCUT2D eigenvalue weighted by atomic mass is 127. The topological polar surface area (TPSA) is 346 Å². The maximum Gasteiger partial charge on any atom is 0.411 e. The molecule has 0 bridgehead atoms. The Morgan fingerprint density at radius 1 is 0.882 bits per heavy atom. The second kappa shape index (κ2) is 35.1. The number of allylic oxidation sites excluding steroid dienone is 3. The van der Waals surface area contributed by atoms with E-state index in [2.05, 4.69) is 39.8 Å². The van der Waals surface area contributed by atoms with Gasteiger partial charge >= 0.3 is 12.1 Å². The predicted molar refractivity (Wildman–Crippen MR) is 349 cm³/mol. The van der Waals surface area contributed by atoms with Crippen molar-refractivity contribution in [3.8, 4) is 40.9 Å². The number of benzene rings is 2. The van der Waals surface area contributed by atoms with Crippen molar-refractivity contribution in [3.63, 3.8) is 0 Å². The molecule has 2 aromatic rings. The van der Waals surface area contributed by atoms with Crippen LogP contribution >= 0.6 is 55.9 Å². The molecule has 4 saturated heterocycles. The molecule has 512 valence electrons. The number of hydroxylamine groups is 1. The van der Waals surface area contributed by atoms with E-state index < -0.39 is 139 Å². The van der Waals surface area contributed by atoms with Crippen LogP contribution in [0.4, 0.5) is 4.79 Å². The standard InChI is InChI=1S/C63H82IN3O23S3/c1-13-15-16-17-18-22-39(45-35(63(7,77)28-38(69)48(45)66-62(76)82-12)24-25-91-93-41-23-20-19-21-34(41)58(73)74)87-61-55(88-42-27-40(78-8)36(29-83-42)65-14-2)50(71)47(31(4)85-61)67-90-43-26-37(68)57(33(6)84-43)92-59(75)44-30(3)46(64)53(56(81-11)52(44)79-9)89-60-51(72)54(80-10)49(70)32(5)86-60/h16-17,19-21,23-24,31-33,36-37,39-40,42-43,47,49-51,54-55,57,60-61,65,67-68,70-72,77H,14,25-29H2,1-12H3,(H,66,76)(H,73,74)/b17-16-,35-24+/t31-,32+,33-,36+,37+,39+,40+,42+,43+,47-,49+,50+,51-,54-,55-,57-,60+,61+,63+/m1/s1. The van der Waals surface area contributed by atoms with Crippen LogP contribution in [0.25, 0.3) is 0 Å². The second-order valence-electron chi connectivity index (χ2n) is 22.3. The van der Waals surface area contributed by atoms with Gasteiger partial charge in [0, 0.05) is 49.7 Å². The fourth-order valence-corrected chi connectivity index (χ4v) is 15.1. The number of ether oxygens (including phenoxy) is 12. The van der Waals surface area contributed by atoms with E-state index in [4.69, 9.17) is 61.7 Å². The smallest absolute Gasteiger partial charge is 0.411 e. The number of amides is 1. The summed E-state index contributed by atoms with van der Waals surface area (Å²) in [6.07, 6.45) is -14.6. The molecule has 2 aromatic carbocycles.